The number of ether oxygens (including phenoxy) is 1. The van der Waals surface area contributed by atoms with E-state index < -0.39 is 5.97 Å². The van der Waals surface area contributed by atoms with Gasteiger partial charge in [-0.25, -0.2) is 4.79 Å². The minimum Gasteiger partial charge on any atom is -0.461 e. The Bertz CT molecular complexity index is 1350. The number of nitrogens with zero attached hydrogens (tertiary/aromatic N) is 2. The van der Waals surface area contributed by atoms with Crippen molar-refractivity contribution in [3.8, 4) is 22.9 Å². The number of aromatic nitrogens is 1. The Hall–Kier alpha value is -3.86. The topological polar surface area (TPSA) is 84.1 Å². The average Bonchev–Trinajstić information content (AvgIpc) is 3.48. The fourth-order valence-corrected chi connectivity index (χ4v) is 4.49. The van der Waals surface area contributed by atoms with Crippen LogP contribution < -0.4 is 5.32 Å². The fraction of sp³-hybridized carbons (Fsp3) is 0.115. The van der Waals surface area contributed by atoms with Crippen LogP contribution in [0.2, 0.25) is 5.15 Å². The molecule has 2 aromatic carbocycles. The van der Waals surface area contributed by atoms with Gasteiger partial charge in [-0.05, 0) is 70.8 Å². The van der Waals surface area contributed by atoms with Crippen molar-refractivity contribution in [1.29, 1.82) is 5.26 Å². The molecule has 0 atom stereocenters. The van der Waals surface area contributed by atoms with Crippen LogP contribution in [0.25, 0.3) is 16.8 Å². The summed E-state index contributed by atoms with van der Waals surface area (Å²) >= 11 is 8.14. The molecule has 8 heteroatoms. The van der Waals surface area contributed by atoms with E-state index in [-0.39, 0.29) is 35.5 Å². The van der Waals surface area contributed by atoms with Crippen molar-refractivity contribution in [3.63, 3.8) is 0 Å². The van der Waals surface area contributed by atoms with Gasteiger partial charge in [0.15, 0.2) is 5.69 Å². The average molecular weight is 490 g/mol. The zero-order chi connectivity index (χ0) is 24.1. The van der Waals surface area contributed by atoms with E-state index in [1.54, 1.807) is 47.1 Å². The quantitative estimate of drug-likeness (QED) is 0.318. The molecule has 4 aromatic rings. The highest BCUT2D eigenvalue weighted by Crippen LogP contribution is 2.31. The van der Waals surface area contributed by atoms with Gasteiger partial charge in [0.1, 0.15) is 5.15 Å². The molecular weight excluding hydrogens is 470 g/mol. The monoisotopic (exact) mass is 489 g/mol. The molecule has 0 unspecified atom stereocenters. The molecule has 0 fully saturated rings. The number of rotatable bonds is 7. The molecule has 0 radical (unpaired) electrons. The van der Waals surface area contributed by atoms with Gasteiger partial charge in [-0.15, -0.1) is 0 Å². The van der Waals surface area contributed by atoms with Crippen LogP contribution in [-0.2, 0) is 16.0 Å². The highest BCUT2D eigenvalue weighted by atomic mass is 35.5. The number of anilines is 1. The van der Waals surface area contributed by atoms with Gasteiger partial charge in [0, 0.05) is 5.69 Å². The SMILES string of the molecule is CCOC(=O)c1c(NC(=O)Cc2ccc(C#N)cc2)cc(Cl)n1-c1ccc(-c2ccsc2)cc1. The smallest absolute Gasteiger partial charge is 0.357 e. The van der Waals surface area contributed by atoms with Crippen LogP contribution in [-0.4, -0.2) is 23.1 Å². The largest absolute Gasteiger partial charge is 0.461 e. The summed E-state index contributed by atoms with van der Waals surface area (Å²) in [6.45, 7) is 1.89. The highest BCUT2D eigenvalue weighted by Gasteiger charge is 2.24. The van der Waals surface area contributed by atoms with Gasteiger partial charge in [0.25, 0.3) is 0 Å². The maximum absolute atomic E-state index is 12.9. The Morgan fingerprint density at radius 3 is 2.44 bits per heavy atom. The number of thiophene rings is 1. The van der Waals surface area contributed by atoms with Crippen LogP contribution in [0.5, 0.6) is 0 Å². The zero-order valence-corrected chi connectivity index (χ0v) is 19.8. The molecule has 0 aliphatic rings. The molecule has 0 saturated heterocycles. The molecule has 34 heavy (non-hydrogen) atoms. The van der Waals surface area contributed by atoms with Crippen molar-refractivity contribution in [1.82, 2.24) is 4.57 Å². The van der Waals surface area contributed by atoms with E-state index in [9.17, 15) is 9.59 Å². The Morgan fingerprint density at radius 1 is 1.09 bits per heavy atom. The third-order valence-electron chi connectivity index (χ3n) is 5.13. The standard InChI is InChI=1S/C26H20ClN3O3S/c1-2-33-26(32)25-22(29-24(31)13-17-3-5-18(15-28)6-4-17)14-23(27)30(25)21-9-7-19(8-10-21)20-11-12-34-16-20/h3-12,14,16H,2,13H2,1H3,(H,29,31). The van der Waals surface area contributed by atoms with Crippen molar-refractivity contribution < 1.29 is 14.3 Å². The van der Waals surface area contributed by atoms with E-state index in [0.717, 1.165) is 16.7 Å². The van der Waals surface area contributed by atoms with E-state index in [2.05, 4.69) is 10.7 Å². The van der Waals surface area contributed by atoms with E-state index in [0.29, 0.717) is 11.3 Å². The summed E-state index contributed by atoms with van der Waals surface area (Å²) in [5, 5.41) is 16.0. The van der Waals surface area contributed by atoms with Crippen molar-refractivity contribution in [2.75, 3.05) is 11.9 Å². The Labute approximate surface area is 206 Å². The lowest BCUT2D eigenvalue weighted by molar-refractivity contribution is -0.115. The van der Waals surface area contributed by atoms with Gasteiger partial charge >= 0.3 is 5.97 Å². The maximum atomic E-state index is 12.9. The number of hydrogen-bond donors (Lipinski definition) is 1. The summed E-state index contributed by atoms with van der Waals surface area (Å²) in [7, 11) is 0. The summed E-state index contributed by atoms with van der Waals surface area (Å²) in [6, 6.07) is 20.0. The molecule has 0 bridgehead atoms. The lowest BCUT2D eigenvalue weighted by Crippen LogP contribution is -2.18. The predicted molar refractivity (Wildman–Crippen MR) is 134 cm³/mol. The van der Waals surface area contributed by atoms with E-state index >= 15 is 0 Å². The molecule has 170 valence electrons. The lowest BCUT2D eigenvalue weighted by atomic mass is 10.1. The summed E-state index contributed by atoms with van der Waals surface area (Å²) < 4.78 is 6.82. The number of halogens is 1. The van der Waals surface area contributed by atoms with E-state index in [4.69, 9.17) is 21.6 Å². The third-order valence-corrected chi connectivity index (χ3v) is 6.09. The molecule has 0 aliphatic carbocycles. The van der Waals surface area contributed by atoms with Gasteiger partial charge in [0.2, 0.25) is 5.91 Å². The first-order chi connectivity index (χ1) is 16.5. The van der Waals surface area contributed by atoms with Crippen molar-refractivity contribution >= 4 is 40.5 Å². The second kappa shape index (κ2) is 10.4. The van der Waals surface area contributed by atoms with Crippen LogP contribution in [0.1, 0.15) is 28.5 Å². The Kier molecular flexibility index (Phi) is 7.12. The lowest BCUT2D eigenvalue weighted by Gasteiger charge is -2.13. The molecule has 1 N–H and O–H groups in total. The van der Waals surface area contributed by atoms with Crippen molar-refractivity contribution in [2.24, 2.45) is 0 Å². The highest BCUT2D eigenvalue weighted by molar-refractivity contribution is 7.08. The Balaban J connectivity index is 1.64. The fourth-order valence-electron chi connectivity index (χ4n) is 3.54. The van der Waals surface area contributed by atoms with Crippen molar-refractivity contribution in [2.45, 2.75) is 13.3 Å². The number of benzene rings is 2. The van der Waals surface area contributed by atoms with Gasteiger partial charge < -0.3 is 10.1 Å². The minimum absolute atomic E-state index is 0.0755. The van der Waals surface area contributed by atoms with Crippen LogP contribution in [0.15, 0.2) is 71.4 Å². The predicted octanol–water partition coefficient (Wildman–Crippen LogP) is 6.09. The first kappa shape index (κ1) is 23.3. The molecule has 4 rings (SSSR count). The second-order valence-corrected chi connectivity index (χ2v) is 8.55. The van der Waals surface area contributed by atoms with E-state index in [1.807, 2.05) is 41.8 Å². The zero-order valence-electron chi connectivity index (χ0n) is 18.2. The minimum atomic E-state index is -0.593. The normalized spacial score (nSPS) is 10.5. The third kappa shape index (κ3) is 5.04. The molecule has 2 aromatic heterocycles. The molecule has 2 heterocycles. The second-order valence-electron chi connectivity index (χ2n) is 7.38. The van der Waals surface area contributed by atoms with Gasteiger partial charge in [-0.1, -0.05) is 35.9 Å². The van der Waals surface area contributed by atoms with Crippen LogP contribution in [0, 0.1) is 11.3 Å². The first-order valence-corrected chi connectivity index (χ1v) is 11.8. The summed E-state index contributed by atoms with van der Waals surface area (Å²) in [5.74, 6) is -0.915. The number of carbonyl (C=O) groups is 2. The van der Waals surface area contributed by atoms with Gasteiger partial charge in [-0.3, -0.25) is 9.36 Å². The number of esters is 1. The van der Waals surface area contributed by atoms with Crippen LogP contribution >= 0.6 is 22.9 Å². The summed E-state index contributed by atoms with van der Waals surface area (Å²) in [6.07, 6.45) is 0.0755. The van der Waals surface area contributed by atoms with Crippen LogP contribution in [0.4, 0.5) is 5.69 Å². The number of amides is 1. The number of carbonyl (C=O) groups excluding carboxylic acids is 2. The number of hydrogen-bond acceptors (Lipinski definition) is 5. The van der Waals surface area contributed by atoms with Gasteiger partial charge in [-0.2, -0.15) is 16.6 Å². The first-order valence-electron chi connectivity index (χ1n) is 10.5. The molecular formula is C26H20ClN3O3S. The maximum Gasteiger partial charge on any atom is 0.357 e. The molecule has 1 amide bonds. The Morgan fingerprint density at radius 2 is 1.82 bits per heavy atom. The van der Waals surface area contributed by atoms with E-state index in [1.165, 1.54) is 6.07 Å². The number of nitrogens with one attached hydrogen (secondary N) is 1. The summed E-state index contributed by atoms with van der Waals surface area (Å²) in [4.78, 5) is 25.6. The molecule has 0 spiro atoms. The van der Waals surface area contributed by atoms with Gasteiger partial charge in [0.05, 0.1) is 30.3 Å². The van der Waals surface area contributed by atoms with Crippen molar-refractivity contribution in [3.05, 3.63) is 93.4 Å². The molecule has 6 nitrogen and oxygen atoms in total. The molecule has 0 aliphatic heterocycles. The summed E-state index contributed by atoms with van der Waals surface area (Å²) in [5.41, 5.74) is 4.48. The molecule has 0 saturated carbocycles. The van der Waals surface area contributed by atoms with Crippen LogP contribution in [0.3, 0.4) is 0 Å². The number of nitriles is 1.